The van der Waals surface area contributed by atoms with Gasteiger partial charge in [0.25, 0.3) is 0 Å². The van der Waals surface area contributed by atoms with Gasteiger partial charge in [-0.3, -0.25) is 4.99 Å². The Morgan fingerprint density at radius 1 is 1.15 bits per heavy atom. The number of hydrogen-bond acceptors (Lipinski definition) is 5. The van der Waals surface area contributed by atoms with Crippen LogP contribution in [0.1, 0.15) is 39.3 Å². The van der Waals surface area contributed by atoms with E-state index >= 15 is 0 Å². The second kappa shape index (κ2) is 10.9. The van der Waals surface area contributed by atoms with E-state index in [1.807, 2.05) is 45.9 Å². The minimum atomic E-state index is -3.03. The normalized spacial score (nSPS) is 13.2. The van der Waals surface area contributed by atoms with Crippen LogP contribution in [0.15, 0.2) is 23.2 Å². The highest BCUT2D eigenvalue weighted by molar-refractivity contribution is 7.90. The van der Waals surface area contributed by atoms with Crippen molar-refractivity contribution in [1.82, 2.24) is 10.6 Å². The molecular weight excluding hydrogens is 354 g/mol. The number of hydrogen-bond donors (Lipinski definition) is 2. The van der Waals surface area contributed by atoms with Crippen LogP contribution in [0.3, 0.4) is 0 Å². The summed E-state index contributed by atoms with van der Waals surface area (Å²) >= 11 is 0. The van der Waals surface area contributed by atoms with Gasteiger partial charge in [0.05, 0.1) is 31.6 Å². The minimum absolute atomic E-state index is 0.0233. The third kappa shape index (κ3) is 7.95. The van der Waals surface area contributed by atoms with Gasteiger partial charge in [-0.15, -0.1) is 0 Å². The fraction of sp³-hybridized carbons (Fsp3) is 0.611. The van der Waals surface area contributed by atoms with Crippen molar-refractivity contribution in [1.29, 1.82) is 0 Å². The first kappa shape index (κ1) is 22.1. The summed E-state index contributed by atoms with van der Waals surface area (Å²) in [5.41, 5.74) is 1.02. The van der Waals surface area contributed by atoms with Gasteiger partial charge in [-0.25, -0.2) is 8.42 Å². The van der Waals surface area contributed by atoms with Crippen molar-refractivity contribution < 1.29 is 17.9 Å². The molecule has 1 aromatic rings. The molecule has 8 heteroatoms. The number of sulfone groups is 1. The van der Waals surface area contributed by atoms with E-state index in [1.165, 1.54) is 6.26 Å². The summed E-state index contributed by atoms with van der Waals surface area (Å²) < 4.78 is 33.8. The number of nitrogens with zero attached hydrogens (tertiary/aromatic N) is 1. The maximum Gasteiger partial charge on any atom is 0.191 e. The van der Waals surface area contributed by atoms with E-state index in [0.29, 0.717) is 31.5 Å². The standard InChI is InChI=1S/C18H31N3O4S/c1-6-19-18(20-11-12-26(5,22)23)21-14(4)15-9-10-16(24-7-2)17(13-15)25-8-3/h9-10,13-14H,6-8,11-12H2,1-5H3,(H2,19,20,21). The Morgan fingerprint density at radius 2 is 1.81 bits per heavy atom. The first-order valence-electron chi connectivity index (χ1n) is 8.92. The van der Waals surface area contributed by atoms with Gasteiger partial charge >= 0.3 is 0 Å². The predicted octanol–water partition coefficient (Wildman–Crippen LogP) is 2.14. The molecule has 7 nitrogen and oxygen atoms in total. The predicted molar refractivity (Wildman–Crippen MR) is 106 cm³/mol. The Balaban J connectivity index is 2.89. The van der Waals surface area contributed by atoms with Gasteiger partial charge in [-0.05, 0) is 45.4 Å². The molecule has 0 aliphatic heterocycles. The molecule has 0 saturated heterocycles. The Labute approximate surface area is 157 Å². The lowest BCUT2D eigenvalue weighted by molar-refractivity contribution is 0.287. The molecule has 2 N–H and O–H groups in total. The fourth-order valence-electron chi connectivity index (χ4n) is 2.27. The van der Waals surface area contributed by atoms with E-state index < -0.39 is 9.84 Å². The zero-order valence-corrected chi connectivity index (χ0v) is 17.1. The van der Waals surface area contributed by atoms with Crippen LogP contribution >= 0.6 is 0 Å². The van der Waals surface area contributed by atoms with E-state index in [4.69, 9.17) is 9.47 Å². The Bertz CT molecular complexity index is 690. The molecule has 26 heavy (non-hydrogen) atoms. The molecule has 0 aromatic heterocycles. The van der Waals surface area contributed by atoms with E-state index in [0.717, 1.165) is 11.3 Å². The zero-order valence-electron chi connectivity index (χ0n) is 16.3. The smallest absolute Gasteiger partial charge is 0.191 e. The highest BCUT2D eigenvalue weighted by atomic mass is 32.2. The molecule has 0 fully saturated rings. The summed E-state index contributed by atoms with van der Waals surface area (Å²) in [6.45, 7) is 9.87. The molecule has 0 spiro atoms. The fourth-order valence-corrected chi connectivity index (χ4v) is 2.69. The van der Waals surface area contributed by atoms with Gasteiger partial charge in [0.1, 0.15) is 9.84 Å². The van der Waals surface area contributed by atoms with Crippen molar-refractivity contribution >= 4 is 15.8 Å². The van der Waals surface area contributed by atoms with E-state index in [9.17, 15) is 8.42 Å². The molecule has 0 amide bonds. The third-order valence-electron chi connectivity index (χ3n) is 3.50. The number of aliphatic imine (C=N–C) groups is 1. The van der Waals surface area contributed by atoms with Crippen molar-refractivity contribution in [3.05, 3.63) is 23.8 Å². The molecule has 0 radical (unpaired) electrons. The molecular formula is C18H31N3O4S. The van der Waals surface area contributed by atoms with Gasteiger partial charge in [0, 0.05) is 12.8 Å². The summed E-state index contributed by atoms with van der Waals surface area (Å²) in [5, 5.41) is 6.42. The quantitative estimate of drug-likeness (QED) is 0.474. The molecule has 0 aliphatic carbocycles. The molecule has 0 bridgehead atoms. The average Bonchev–Trinajstić information content (AvgIpc) is 2.55. The lowest BCUT2D eigenvalue weighted by Gasteiger charge is -2.20. The van der Waals surface area contributed by atoms with Crippen molar-refractivity contribution in [3.8, 4) is 11.5 Å². The molecule has 1 aromatic carbocycles. The van der Waals surface area contributed by atoms with Crippen LogP contribution in [0, 0.1) is 0 Å². The van der Waals surface area contributed by atoms with Crippen molar-refractivity contribution in [2.75, 3.05) is 38.3 Å². The number of nitrogens with one attached hydrogen (secondary N) is 2. The third-order valence-corrected chi connectivity index (χ3v) is 4.42. The molecule has 1 unspecified atom stereocenters. The van der Waals surface area contributed by atoms with Crippen LogP contribution in [0.2, 0.25) is 0 Å². The van der Waals surface area contributed by atoms with Crippen LogP contribution < -0.4 is 20.1 Å². The van der Waals surface area contributed by atoms with E-state index in [-0.39, 0.29) is 18.3 Å². The van der Waals surface area contributed by atoms with Crippen LogP contribution in [-0.4, -0.2) is 52.7 Å². The molecule has 0 heterocycles. The number of guanidine groups is 1. The van der Waals surface area contributed by atoms with Gasteiger partial charge < -0.3 is 20.1 Å². The molecule has 148 valence electrons. The number of benzene rings is 1. The van der Waals surface area contributed by atoms with Gasteiger partial charge in [-0.1, -0.05) is 6.07 Å². The van der Waals surface area contributed by atoms with Crippen molar-refractivity contribution in [2.24, 2.45) is 4.99 Å². The van der Waals surface area contributed by atoms with Crippen molar-refractivity contribution in [2.45, 2.75) is 33.7 Å². The van der Waals surface area contributed by atoms with Crippen LogP contribution in [0.5, 0.6) is 11.5 Å². The first-order chi connectivity index (χ1) is 12.3. The van der Waals surface area contributed by atoms with Gasteiger partial charge in [0.15, 0.2) is 17.5 Å². The van der Waals surface area contributed by atoms with E-state index in [2.05, 4.69) is 15.6 Å². The average molecular weight is 386 g/mol. The van der Waals surface area contributed by atoms with Gasteiger partial charge in [0.2, 0.25) is 0 Å². The summed E-state index contributed by atoms with van der Waals surface area (Å²) in [5.74, 6) is 2.03. The maximum absolute atomic E-state index is 11.3. The second-order valence-corrected chi connectivity index (χ2v) is 8.09. The van der Waals surface area contributed by atoms with E-state index in [1.54, 1.807) is 0 Å². The van der Waals surface area contributed by atoms with Crippen LogP contribution in [-0.2, 0) is 9.84 Å². The van der Waals surface area contributed by atoms with Crippen LogP contribution in [0.25, 0.3) is 0 Å². The number of rotatable bonds is 10. The summed E-state index contributed by atoms with van der Waals surface area (Å²) in [6.07, 6.45) is 1.21. The molecule has 0 saturated carbocycles. The lowest BCUT2D eigenvalue weighted by Crippen LogP contribution is -2.39. The highest BCUT2D eigenvalue weighted by Gasteiger charge is 2.12. The molecule has 1 atom stereocenters. The molecule has 1 rings (SSSR count). The summed E-state index contributed by atoms with van der Waals surface area (Å²) in [7, 11) is -3.03. The van der Waals surface area contributed by atoms with Crippen LogP contribution in [0.4, 0.5) is 0 Å². The maximum atomic E-state index is 11.3. The Hall–Kier alpha value is -1.96. The second-order valence-electron chi connectivity index (χ2n) is 5.83. The Morgan fingerprint density at radius 3 is 2.38 bits per heavy atom. The summed E-state index contributed by atoms with van der Waals surface area (Å²) in [6, 6.07) is 5.79. The largest absolute Gasteiger partial charge is 0.490 e. The highest BCUT2D eigenvalue weighted by Crippen LogP contribution is 2.30. The lowest BCUT2D eigenvalue weighted by atomic mass is 10.1. The SMILES string of the molecule is CCNC(=NCCS(C)(=O)=O)NC(C)c1ccc(OCC)c(OCC)c1. The molecule has 0 aliphatic rings. The minimum Gasteiger partial charge on any atom is -0.490 e. The van der Waals surface area contributed by atoms with Crippen molar-refractivity contribution in [3.63, 3.8) is 0 Å². The monoisotopic (exact) mass is 385 g/mol. The Kier molecular flexibility index (Phi) is 9.26. The topological polar surface area (TPSA) is 89.0 Å². The van der Waals surface area contributed by atoms with Gasteiger partial charge in [-0.2, -0.15) is 0 Å². The number of ether oxygens (including phenoxy) is 2. The first-order valence-corrected chi connectivity index (χ1v) is 11.0. The summed E-state index contributed by atoms with van der Waals surface area (Å²) in [4.78, 5) is 4.33. The zero-order chi connectivity index (χ0) is 19.6.